The number of carbonyl (C=O) groups excluding carboxylic acids is 1. The summed E-state index contributed by atoms with van der Waals surface area (Å²) in [6, 6.07) is 7.00. The molecule has 0 aliphatic rings. The Hall–Kier alpha value is -2.54. The lowest BCUT2D eigenvalue weighted by atomic mass is 10.1. The first-order chi connectivity index (χ1) is 13.9. The second-order valence-corrected chi connectivity index (χ2v) is 7.49. The fourth-order valence-corrected chi connectivity index (χ4v) is 3.26. The van der Waals surface area contributed by atoms with Gasteiger partial charge in [-0.05, 0) is 30.5 Å². The molecule has 0 unspecified atom stereocenters. The topological polar surface area (TPSA) is 101 Å². The highest BCUT2D eigenvalue weighted by Gasteiger charge is 2.24. The van der Waals surface area contributed by atoms with Crippen LogP contribution in [0.2, 0.25) is 5.02 Å². The number of hydrogen-bond acceptors (Lipinski definition) is 4. The Bertz CT molecular complexity index is 934. The zero-order chi connectivity index (χ0) is 21.4. The number of unbranched alkanes of at least 4 members (excludes halogenated alkanes) is 3. The minimum atomic E-state index is -0.638. The summed E-state index contributed by atoms with van der Waals surface area (Å²) in [4.78, 5) is 41.6. The third-order valence-electron chi connectivity index (χ3n) is 4.77. The summed E-state index contributed by atoms with van der Waals surface area (Å²) in [6.07, 6.45) is 4.34. The van der Waals surface area contributed by atoms with Crippen LogP contribution in [0.1, 0.15) is 51.5 Å². The molecule has 158 valence electrons. The highest BCUT2D eigenvalue weighted by atomic mass is 35.5. The summed E-state index contributed by atoms with van der Waals surface area (Å²) >= 11 is 5.92. The van der Waals surface area contributed by atoms with Gasteiger partial charge in [-0.3, -0.25) is 19.1 Å². The predicted octanol–water partition coefficient (Wildman–Crippen LogP) is 3.34. The number of hydrogen-bond donors (Lipinski definition) is 2. The number of halogens is 1. The van der Waals surface area contributed by atoms with E-state index in [2.05, 4.69) is 11.9 Å². The van der Waals surface area contributed by atoms with Crippen LogP contribution in [0.25, 0.3) is 0 Å². The molecule has 8 heteroatoms. The molecule has 1 heterocycles. The van der Waals surface area contributed by atoms with Crippen molar-refractivity contribution >= 4 is 29.0 Å². The maximum atomic E-state index is 13.1. The first kappa shape index (κ1) is 22.7. The van der Waals surface area contributed by atoms with Crippen molar-refractivity contribution in [3.63, 3.8) is 0 Å². The Morgan fingerprint density at radius 3 is 2.38 bits per heavy atom. The van der Waals surface area contributed by atoms with E-state index in [1.165, 1.54) is 9.47 Å². The summed E-state index contributed by atoms with van der Waals surface area (Å²) < 4.78 is 1.34. The molecule has 29 heavy (non-hydrogen) atoms. The highest BCUT2D eigenvalue weighted by molar-refractivity contribution is 6.30. The molecule has 0 aliphatic heterocycles. The summed E-state index contributed by atoms with van der Waals surface area (Å²) in [5.41, 5.74) is 5.86. The number of nitrogens with zero attached hydrogens (tertiary/aromatic N) is 2. The Morgan fingerprint density at radius 2 is 1.76 bits per heavy atom. The van der Waals surface area contributed by atoms with E-state index >= 15 is 0 Å². The molecule has 1 aromatic carbocycles. The largest absolute Gasteiger partial charge is 0.383 e. The van der Waals surface area contributed by atoms with Crippen LogP contribution in [0.15, 0.2) is 33.9 Å². The molecule has 7 nitrogen and oxygen atoms in total. The fraction of sp³-hybridized carbons (Fsp3) is 0.476. The SMILES string of the molecule is CCCCCN(C(=O)Cc1ccc(Cl)cc1)c1c(N)n(CCCC)c(=O)[nH]c1=O. The summed E-state index contributed by atoms with van der Waals surface area (Å²) in [6.45, 7) is 4.81. The second kappa shape index (κ2) is 10.9. The standard InChI is InChI=1S/C21H29ClN4O3/c1-3-5-7-13-25(17(27)14-15-8-10-16(22)11-9-15)18-19(23)26(12-6-4-2)21(29)24-20(18)28/h8-11H,3-7,12-14,23H2,1-2H3,(H,24,28,29). The lowest BCUT2D eigenvalue weighted by molar-refractivity contribution is -0.118. The first-order valence-corrected chi connectivity index (χ1v) is 10.4. The number of aromatic amines is 1. The minimum Gasteiger partial charge on any atom is -0.383 e. The minimum absolute atomic E-state index is 0.0353. The molecule has 0 atom stereocenters. The molecule has 0 bridgehead atoms. The molecule has 0 saturated carbocycles. The normalized spacial score (nSPS) is 10.9. The predicted molar refractivity (Wildman–Crippen MR) is 118 cm³/mol. The van der Waals surface area contributed by atoms with E-state index in [4.69, 9.17) is 17.3 Å². The monoisotopic (exact) mass is 420 g/mol. The number of carbonyl (C=O) groups is 1. The third kappa shape index (κ3) is 5.97. The number of aromatic nitrogens is 2. The van der Waals surface area contributed by atoms with Gasteiger partial charge in [-0.15, -0.1) is 0 Å². The van der Waals surface area contributed by atoms with Crippen LogP contribution >= 0.6 is 11.6 Å². The number of nitrogen functional groups attached to an aromatic ring is 1. The van der Waals surface area contributed by atoms with Gasteiger partial charge < -0.3 is 10.6 Å². The van der Waals surface area contributed by atoms with E-state index in [1.54, 1.807) is 24.3 Å². The molecule has 0 aliphatic carbocycles. The van der Waals surface area contributed by atoms with E-state index in [0.29, 0.717) is 18.1 Å². The van der Waals surface area contributed by atoms with Crippen LogP contribution in [-0.2, 0) is 17.8 Å². The Kier molecular flexibility index (Phi) is 8.51. The van der Waals surface area contributed by atoms with Gasteiger partial charge in [0, 0.05) is 18.1 Å². The van der Waals surface area contributed by atoms with E-state index in [-0.39, 0.29) is 23.8 Å². The number of nitrogens with two attached hydrogens (primary N) is 1. The number of rotatable bonds is 10. The number of H-pyrrole nitrogens is 1. The van der Waals surface area contributed by atoms with E-state index < -0.39 is 11.2 Å². The van der Waals surface area contributed by atoms with Crippen molar-refractivity contribution in [2.24, 2.45) is 0 Å². The van der Waals surface area contributed by atoms with Crippen LogP contribution in [0.3, 0.4) is 0 Å². The first-order valence-electron chi connectivity index (χ1n) is 10.1. The molecular formula is C21H29ClN4O3. The third-order valence-corrected chi connectivity index (χ3v) is 5.03. The average Bonchev–Trinajstić information content (AvgIpc) is 2.68. The molecular weight excluding hydrogens is 392 g/mol. The smallest absolute Gasteiger partial charge is 0.330 e. The Balaban J connectivity index is 2.42. The fourth-order valence-electron chi connectivity index (χ4n) is 3.13. The van der Waals surface area contributed by atoms with E-state index in [1.807, 2.05) is 6.92 Å². The van der Waals surface area contributed by atoms with Crippen LogP contribution < -0.4 is 21.9 Å². The van der Waals surface area contributed by atoms with Crippen molar-refractivity contribution < 1.29 is 4.79 Å². The van der Waals surface area contributed by atoms with Gasteiger partial charge in [-0.2, -0.15) is 0 Å². The lowest BCUT2D eigenvalue weighted by Gasteiger charge is -2.24. The molecule has 1 aromatic heterocycles. The van der Waals surface area contributed by atoms with Gasteiger partial charge in [0.25, 0.3) is 5.56 Å². The van der Waals surface area contributed by atoms with Crippen molar-refractivity contribution in [2.75, 3.05) is 17.2 Å². The van der Waals surface area contributed by atoms with E-state index in [9.17, 15) is 14.4 Å². The van der Waals surface area contributed by atoms with Crippen molar-refractivity contribution in [1.29, 1.82) is 0 Å². The zero-order valence-electron chi connectivity index (χ0n) is 17.0. The maximum Gasteiger partial charge on any atom is 0.330 e. The molecule has 3 N–H and O–H groups in total. The molecule has 0 fully saturated rings. The molecule has 0 radical (unpaired) electrons. The maximum absolute atomic E-state index is 13.1. The number of nitrogens with one attached hydrogen (secondary N) is 1. The van der Waals surface area contributed by atoms with Gasteiger partial charge in [0.2, 0.25) is 5.91 Å². The van der Waals surface area contributed by atoms with Crippen LogP contribution in [0, 0.1) is 0 Å². The number of amides is 1. The van der Waals surface area contributed by atoms with Crippen LogP contribution in [-0.4, -0.2) is 22.0 Å². The zero-order valence-corrected chi connectivity index (χ0v) is 17.8. The Morgan fingerprint density at radius 1 is 1.10 bits per heavy atom. The number of benzene rings is 1. The summed E-state index contributed by atoms with van der Waals surface area (Å²) in [7, 11) is 0. The average molecular weight is 421 g/mol. The van der Waals surface area contributed by atoms with Gasteiger partial charge in [-0.1, -0.05) is 56.8 Å². The van der Waals surface area contributed by atoms with Crippen LogP contribution in [0.5, 0.6) is 0 Å². The number of anilines is 2. The molecule has 2 aromatic rings. The summed E-state index contributed by atoms with van der Waals surface area (Å²) in [5.74, 6) is -0.213. The van der Waals surface area contributed by atoms with Gasteiger partial charge in [0.1, 0.15) is 5.82 Å². The molecule has 2 rings (SSSR count). The van der Waals surface area contributed by atoms with Crippen molar-refractivity contribution in [3.05, 3.63) is 55.7 Å². The van der Waals surface area contributed by atoms with Crippen molar-refractivity contribution in [3.8, 4) is 0 Å². The van der Waals surface area contributed by atoms with Crippen LogP contribution in [0.4, 0.5) is 11.5 Å². The summed E-state index contributed by atoms with van der Waals surface area (Å²) in [5, 5.41) is 0.588. The van der Waals surface area contributed by atoms with E-state index in [0.717, 1.165) is 37.7 Å². The van der Waals surface area contributed by atoms with Gasteiger partial charge in [0.15, 0.2) is 5.69 Å². The van der Waals surface area contributed by atoms with Crippen molar-refractivity contribution in [2.45, 2.75) is 58.9 Å². The van der Waals surface area contributed by atoms with Gasteiger partial charge in [0.05, 0.1) is 6.42 Å². The Labute approximate surface area is 175 Å². The molecule has 1 amide bonds. The lowest BCUT2D eigenvalue weighted by Crippen LogP contribution is -2.42. The second-order valence-electron chi connectivity index (χ2n) is 7.05. The molecule has 0 saturated heterocycles. The van der Waals surface area contributed by atoms with Gasteiger partial charge >= 0.3 is 5.69 Å². The van der Waals surface area contributed by atoms with Gasteiger partial charge in [-0.25, -0.2) is 4.79 Å². The highest BCUT2D eigenvalue weighted by Crippen LogP contribution is 2.20. The van der Waals surface area contributed by atoms with Crippen molar-refractivity contribution in [1.82, 2.24) is 9.55 Å². The quantitative estimate of drug-likeness (QED) is 0.575. The molecule has 0 spiro atoms.